The van der Waals surface area contributed by atoms with Crippen LogP contribution in [-0.2, 0) is 22.4 Å². The van der Waals surface area contributed by atoms with Gasteiger partial charge in [0.15, 0.2) is 0 Å². The SMILES string of the molecule is O=C1CCCN1CCC(=O)N1CCN(C2CCc3ccccc3C2)CC1. The highest BCUT2D eigenvalue weighted by atomic mass is 16.2. The molecule has 0 radical (unpaired) electrons. The molecule has 4 rings (SSSR count). The van der Waals surface area contributed by atoms with Gasteiger partial charge in [-0.3, -0.25) is 14.5 Å². The van der Waals surface area contributed by atoms with Crippen LogP contribution in [0.3, 0.4) is 0 Å². The number of fused-ring (bicyclic) bond motifs is 1. The normalized spacial score (nSPS) is 24.0. The lowest BCUT2D eigenvalue weighted by Gasteiger charge is -2.41. The fourth-order valence-corrected chi connectivity index (χ4v) is 4.66. The summed E-state index contributed by atoms with van der Waals surface area (Å²) in [4.78, 5) is 30.5. The minimum Gasteiger partial charge on any atom is -0.342 e. The van der Waals surface area contributed by atoms with Crippen molar-refractivity contribution in [3.05, 3.63) is 35.4 Å². The van der Waals surface area contributed by atoms with Gasteiger partial charge in [0, 0.05) is 58.2 Å². The van der Waals surface area contributed by atoms with Gasteiger partial charge >= 0.3 is 0 Å². The standard InChI is InChI=1S/C21H29N3O2/c25-20-6-3-10-23(20)11-9-21(26)24-14-12-22(13-15-24)19-8-7-17-4-1-2-5-18(17)16-19/h1-2,4-5,19H,3,6-16H2. The van der Waals surface area contributed by atoms with E-state index in [1.54, 1.807) is 0 Å². The molecule has 2 fully saturated rings. The summed E-state index contributed by atoms with van der Waals surface area (Å²) in [6.07, 6.45) is 5.60. The Morgan fingerprint density at radius 2 is 1.77 bits per heavy atom. The summed E-state index contributed by atoms with van der Waals surface area (Å²) in [5.74, 6) is 0.415. The van der Waals surface area contributed by atoms with E-state index in [2.05, 4.69) is 29.2 Å². The number of rotatable bonds is 4. The number of amides is 2. The number of hydrogen-bond donors (Lipinski definition) is 0. The van der Waals surface area contributed by atoms with Crippen LogP contribution in [0.2, 0.25) is 0 Å². The van der Waals surface area contributed by atoms with Gasteiger partial charge in [-0.05, 0) is 36.8 Å². The van der Waals surface area contributed by atoms with Crippen LogP contribution in [0.4, 0.5) is 0 Å². The number of hydrogen-bond acceptors (Lipinski definition) is 3. The number of likely N-dealkylation sites (tertiary alicyclic amines) is 1. The Kier molecular flexibility index (Phi) is 5.25. The van der Waals surface area contributed by atoms with Crippen molar-refractivity contribution in [2.24, 2.45) is 0 Å². The van der Waals surface area contributed by atoms with E-state index < -0.39 is 0 Å². The highest BCUT2D eigenvalue weighted by Crippen LogP contribution is 2.25. The number of nitrogens with zero attached hydrogens (tertiary/aromatic N) is 3. The topological polar surface area (TPSA) is 43.9 Å². The first kappa shape index (κ1) is 17.5. The van der Waals surface area contributed by atoms with Crippen LogP contribution in [0, 0.1) is 0 Å². The van der Waals surface area contributed by atoms with Crippen LogP contribution in [0.5, 0.6) is 0 Å². The molecule has 1 aliphatic carbocycles. The smallest absolute Gasteiger partial charge is 0.224 e. The lowest BCUT2D eigenvalue weighted by Crippen LogP contribution is -2.53. The van der Waals surface area contributed by atoms with Crippen LogP contribution >= 0.6 is 0 Å². The van der Waals surface area contributed by atoms with E-state index in [1.807, 2.05) is 9.80 Å². The maximum atomic E-state index is 12.5. The first-order chi connectivity index (χ1) is 12.7. The summed E-state index contributed by atoms with van der Waals surface area (Å²) in [6.45, 7) is 5.01. The van der Waals surface area contributed by atoms with Gasteiger partial charge in [0.1, 0.15) is 0 Å². The molecule has 2 saturated heterocycles. The Hall–Kier alpha value is -1.88. The lowest BCUT2D eigenvalue weighted by molar-refractivity contribution is -0.134. The molecule has 2 aliphatic heterocycles. The zero-order valence-electron chi connectivity index (χ0n) is 15.5. The third kappa shape index (κ3) is 3.78. The number of carbonyl (C=O) groups excluding carboxylic acids is 2. The van der Waals surface area contributed by atoms with Gasteiger partial charge in [0.05, 0.1) is 0 Å². The molecule has 0 aromatic heterocycles. The number of carbonyl (C=O) groups is 2. The first-order valence-electron chi connectivity index (χ1n) is 10.1. The number of benzene rings is 1. The van der Waals surface area contributed by atoms with Gasteiger partial charge in [0.2, 0.25) is 11.8 Å². The van der Waals surface area contributed by atoms with Crippen LogP contribution in [0.1, 0.15) is 36.8 Å². The van der Waals surface area contributed by atoms with Crippen molar-refractivity contribution in [3.63, 3.8) is 0 Å². The molecule has 26 heavy (non-hydrogen) atoms. The third-order valence-corrected chi connectivity index (χ3v) is 6.27. The van der Waals surface area contributed by atoms with Gasteiger partial charge in [-0.1, -0.05) is 24.3 Å². The maximum absolute atomic E-state index is 12.5. The molecular formula is C21H29N3O2. The van der Waals surface area contributed by atoms with Crippen LogP contribution in [0.15, 0.2) is 24.3 Å². The maximum Gasteiger partial charge on any atom is 0.224 e. The first-order valence-corrected chi connectivity index (χ1v) is 10.1. The van der Waals surface area contributed by atoms with E-state index in [-0.39, 0.29) is 11.8 Å². The van der Waals surface area contributed by atoms with Crippen molar-refractivity contribution in [1.29, 1.82) is 0 Å². The van der Waals surface area contributed by atoms with E-state index in [0.717, 1.165) is 45.6 Å². The fraction of sp³-hybridized carbons (Fsp3) is 0.619. The zero-order chi connectivity index (χ0) is 17.9. The van der Waals surface area contributed by atoms with Gasteiger partial charge in [-0.2, -0.15) is 0 Å². The predicted octanol–water partition coefficient (Wildman–Crippen LogP) is 1.70. The molecule has 0 bridgehead atoms. The van der Waals surface area contributed by atoms with Crippen LogP contribution in [-0.4, -0.2) is 71.8 Å². The Morgan fingerprint density at radius 1 is 1.00 bits per heavy atom. The molecule has 1 unspecified atom stereocenters. The van der Waals surface area contributed by atoms with Crippen molar-refractivity contribution in [2.45, 2.75) is 44.6 Å². The Bertz CT molecular complexity index is 667. The fourth-order valence-electron chi connectivity index (χ4n) is 4.66. The second-order valence-corrected chi connectivity index (χ2v) is 7.82. The summed E-state index contributed by atoms with van der Waals surface area (Å²) in [6, 6.07) is 9.42. The third-order valence-electron chi connectivity index (χ3n) is 6.27. The molecule has 2 heterocycles. The largest absolute Gasteiger partial charge is 0.342 e. The quantitative estimate of drug-likeness (QED) is 0.826. The molecule has 2 amide bonds. The molecule has 3 aliphatic rings. The van der Waals surface area contributed by atoms with Gasteiger partial charge in [0.25, 0.3) is 0 Å². The average Bonchev–Trinajstić information content (AvgIpc) is 3.10. The number of piperazine rings is 1. The molecule has 5 heteroatoms. The van der Waals surface area contributed by atoms with Crippen molar-refractivity contribution in [1.82, 2.24) is 14.7 Å². The molecule has 0 saturated carbocycles. The molecule has 140 valence electrons. The minimum absolute atomic E-state index is 0.207. The molecular weight excluding hydrogens is 326 g/mol. The van der Waals surface area contributed by atoms with Crippen molar-refractivity contribution < 1.29 is 9.59 Å². The Balaban J connectivity index is 1.24. The van der Waals surface area contributed by atoms with Crippen molar-refractivity contribution in [2.75, 3.05) is 39.3 Å². The van der Waals surface area contributed by atoms with Crippen molar-refractivity contribution >= 4 is 11.8 Å². The molecule has 0 N–H and O–H groups in total. The molecule has 5 nitrogen and oxygen atoms in total. The van der Waals surface area contributed by atoms with E-state index >= 15 is 0 Å². The second-order valence-electron chi connectivity index (χ2n) is 7.82. The summed E-state index contributed by atoms with van der Waals surface area (Å²) < 4.78 is 0. The minimum atomic E-state index is 0.207. The van der Waals surface area contributed by atoms with Crippen molar-refractivity contribution in [3.8, 4) is 0 Å². The number of aryl methyl sites for hydroxylation is 1. The van der Waals surface area contributed by atoms with Crippen LogP contribution in [0.25, 0.3) is 0 Å². The van der Waals surface area contributed by atoms with Gasteiger partial charge < -0.3 is 9.80 Å². The zero-order valence-corrected chi connectivity index (χ0v) is 15.5. The second kappa shape index (κ2) is 7.78. The highest BCUT2D eigenvalue weighted by Gasteiger charge is 2.29. The molecule has 1 aromatic carbocycles. The molecule has 1 aromatic rings. The lowest BCUT2D eigenvalue weighted by atomic mass is 9.87. The van der Waals surface area contributed by atoms with Gasteiger partial charge in [-0.25, -0.2) is 0 Å². The molecule has 1 atom stereocenters. The predicted molar refractivity (Wildman–Crippen MR) is 101 cm³/mol. The van der Waals surface area contributed by atoms with E-state index in [9.17, 15) is 9.59 Å². The summed E-state index contributed by atoms with van der Waals surface area (Å²) >= 11 is 0. The summed E-state index contributed by atoms with van der Waals surface area (Å²) in [5, 5.41) is 0. The van der Waals surface area contributed by atoms with Gasteiger partial charge in [-0.15, -0.1) is 0 Å². The van der Waals surface area contributed by atoms with E-state index in [0.29, 0.717) is 25.4 Å². The highest BCUT2D eigenvalue weighted by molar-refractivity contribution is 5.80. The Labute approximate surface area is 155 Å². The summed E-state index contributed by atoms with van der Waals surface area (Å²) in [5.41, 5.74) is 3.01. The van der Waals surface area contributed by atoms with E-state index in [4.69, 9.17) is 0 Å². The van der Waals surface area contributed by atoms with E-state index in [1.165, 1.54) is 24.0 Å². The monoisotopic (exact) mass is 355 g/mol. The average molecular weight is 355 g/mol. The van der Waals surface area contributed by atoms with Crippen LogP contribution < -0.4 is 0 Å². The summed E-state index contributed by atoms with van der Waals surface area (Å²) in [7, 11) is 0. The molecule has 0 spiro atoms. The Morgan fingerprint density at radius 3 is 2.50 bits per heavy atom.